The van der Waals surface area contributed by atoms with Crippen molar-refractivity contribution in [2.75, 3.05) is 26.1 Å². The van der Waals surface area contributed by atoms with Crippen LogP contribution in [0.25, 0.3) is 0 Å². The van der Waals surface area contributed by atoms with E-state index in [1.54, 1.807) is 12.1 Å². The average Bonchev–Trinajstić information content (AvgIpc) is 2.61. The molecule has 0 aliphatic heterocycles. The number of ether oxygens (including phenoxy) is 1. The normalized spacial score (nSPS) is 11.4. The van der Waals surface area contributed by atoms with Gasteiger partial charge in [-0.2, -0.15) is 0 Å². The van der Waals surface area contributed by atoms with Crippen LogP contribution < -0.4 is 10.1 Å². The number of halogens is 1. The second-order valence-corrected chi connectivity index (χ2v) is 8.09. The third-order valence-electron chi connectivity index (χ3n) is 3.22. The number of hydrogen-bond donors (Lipinski definition) is 1. The molecule has 0 radical (unpaired) electrons. The fraction of sp³-hybridized carbons (Fsp3) is 0.188. The molecule has 2 aromatic rings. The van der Waals surface area contributed by atoms with Gasteiger partial charge in [0, 0.05) is 16.3 Å². The quantitative estimate of drug-likeness (QED) is 0.491. The summed E-state index contributed by atoms with van der Waals surface area (Å²) in [7, 11) is -1.15. The minimum absolute atomic E-state index is 0.0602. The number of anilines is 1. The Morgan fingerprint density at radius 3 is 2.28 bits per heavy atom. The highest BCUT2D eigenvalue weighted by atomic mass is 127. The molecule has 25 heavy (non-hydrogen) atoms. The SMILES string of the molecule is CON(C)S(=O)(=O)c1ccc(NC(=O)COc2ccc(I)cc2)cc1. The average molecular weight is 476 g/mol. The van der Waals surface area contributed by atoms with E-state index in [0.717, 1.165) is 8.04 Å². The van der Waals surface area contributed by atoms with Crippen LogP contribution in [0, 0.1) is 3.57 Å². The Morgan fingerprint density at radius 2 is 1.72 bits per heavy atom. The van der Waals surface area contributed by atoms with Crippen LogP contribution in [-0.2, 0) is 19.7 Å². The van der Waals surface area contributed by atoms with Gasteiger partial charge in [0.25, 0.3) is 15.9 Å². The van der Waals surface area contributed by atoms with Crippen molar-refractivity contribution in [1.82, 2.24) is 4.47 Å². The number of benzene rings is 2. The van der Waals surface area contributed by atoms with Crippen LogP contribution in [0.4, 0.5) is 5.69 Å². The molecule has 0 atom stereocenters. The van der Waals surface area contributed by atoms with Crippen molar-refractivity contribution in [2.24, 2.45) is 0 Å². The molecule has 0 saturated heterocycles. The maximum atomic E-state index is 12.1. The smallest absolute Gasteiger partial charge is 0.264 e. The van der Waals surface area contributed by atoms with E-state index in [2.05, 4.69) is 27.9 Å². The first-order valence-electron chi connectivity index (χ1n) is 7.14. The number of sulfonamides is 1. The standard InChI is InChI=1S/C16H17IN2O5S/c1-19(23-2)25(21,22)15-9-5-13(6-10-15)18-16(20)11-24-14-7-3-12(17)4-8-14/h3-10H,11H2,1-2H3,(H,18,20). The summed E-state index contributed by atoms with van der Waals surface area (Å²) >= 11 is 2.18. The summed E-state index contributed by atoms with van der Waals surface area (Å²) in [4.78, 5) is 16.7. The molecule has 0 aromatic heterocycles. The fourth-order valence-electron chi connectivity index (χ4n) is 1.83. The van der Waals surface area contributed by atoms with Crippen molar-refractivity contribution in [3.63, 3.8) is 0 Å². The summed E-state index contributed by atoms with van der Waals surface area (Å²) in [5.74, 6) is 0.253. The predicted octanol–water partition coefficient (Wildman–Crippen LogP) is 2.49. The zero-order chi connectivity index (χ0) is 18.4. The largest absolute Gasteiger partial charge is 0.484 e. The molecule has 2 aromatic carbocycles. The molecule has 0 aliphatic rings. The molecule has 0 bridgehead atoms. The van der Waals surface area contributed by atoms with Crippen molar-refractivity contribution in [3.8, 4) is 5.75 Å². The van der Waals surface area contributed by atoms with E-state index in [1.807, 2.05) is 12.1 Å². The van der Waals surface area contributed by atoms with Gasteiger partial charge in [0.1, 0.15) is 5.75 Å². The number of hydrogen-bond acceptors (Lipinski definition) is 5. The van der Waals surface area contributed by atoms with Gasteiger partial charge in [-0.25, -0.2) is 8.42 Å². The lowest BCUT2D eigenvalue weighted by Gasteiger charge is -2.14. The minimum Gasteiger partial charge on any atom is -0.484 e. The van der Waals surface area contributed by atoms with Crippen LogP contribution in [0.2, 0.25) is 0 Å². The molecule has 0 saturated carbocycles. The Hall–Kier alpha value is -1.69. The number of hydroxylamine groups is 1. The molecule has 1 N–H and O–H groups in total. The number of nitrogens with one attached hydrogen (secondary N) is 1. The molecule has 9 heteroatoms. The van der Waals surface area contributed by atoms with Gasteiger partial charge in [0.15, 0.2) is 6.61 Å². The fourth-order valence-corrected chi connectivity index (χ4v) is 3.17. The van der Waals surface area contributed by atoms with Gasteiger partial charge in [-0.3, -0.25) is 9.63 Å². The lowest BCUT2D eigenvalue weighted by Crippen LogP contribution is -2.25. The monoisotopic (exact) mass is 476 g/mol. The van der Waals surface area contributed by atoms with E-state index in [9.17, 15) is 13.2 Å². The zero-order valence-electron chi connectivity index (χ0n) is 13.6. The van der Waals surface area contributed by atoms with Gasteiger partial charge in [-0.05, 0) is 71.1 Å². The van der Waals surface area contributed by atoms with Crippen LogP contribution in [0.5, 0.6) is 5.75 Å². The second-order valence-electron chi connectivity index (χ2n) is 4.91. The van der Waals surface area contributed by atoms with E-state index in [1.165, 1.54) is 38.4 Å². The highest BCUT2D eigenvalue weighted by Crippen LogP contribution is 2.18. The summed E-state index contributed by atoms with van der Waals surface area (Å²) in [6.07, 6.45) is 0. The molecule has 0 fully saturated rings. The maximum Gasteiger partial charge on any atom is 0.264 e. The Balaban J connectivity index is 1.94. The number of carbonyl (C=O) groups is 1. The van der Waals surface area contributed by atoms with E-state index in [0.29, 0.717) is 11.4 Å². The molecule has 0 aliphatic carbocycles. The second kappa shape index (κ2) is 8.61. The topological polar surface area (TPSA) is 84.9 Å². The summed E-state index contributed by atoms with van der Waals surface area (Å²) in [5, 5.41) is 2.64. The molecule has 2 rings (SSSR count). The Labute approximate surface area is 160 Å². The maximum absolute atomic E-state index is 12.1. The van der Waals surface area contributed by atoms with Crippen LogP contribution in [0.1, 0.15) is 0 Å². The molecular weight excluding hydrogens is 459 g/mol. The van der Waals surface area contributed by atoms with Crippen LogP contribution in [0.15, 0.2) is 53.4 Å². The first-order valence-corrected chi connectivity index (χ1v) is 9.66. The minimum atomic E-state index is -3.71. The van der Waals surface area contributed by atoms with Crippen molar-refractivity contribution in [2.45, 2.75) is 4.90 Å². The molecule has 7 nitrogen and oxygen atoms in total. The first-order chi connectivity index (χ1) is 11.8. The van der Waals surface area contributed by atoms with Crippen LogP contribution in [-0.4, -0.2) is 39.6 Å². The Kier molecular flexibility index (Phi) is 6.76. The van der Waals surface area contributed by atoms with Gasteiger partial charge in [-0.1, -0.05) is 4.47 Å². The third-order valence-corrected chi connectivity index (χ3v) is 5.63. The highest BCUT2D eigenvalue weighted by Gasteiger charge is 2.20. The number of carbonyl (C=O) groups excluding carboxylic acids is 1. The summed E-state index contributed by atoms with van der Waals surface area (Å²) in [6, 6.07) is 13.1. The van der Waals surface area contributed by atoms with Gasteiger partial charge >= 0.3 is 0 Å². The Bertz CT molecular complexity index is 823. The summed E-state index contributed by atoms with van der Waals surface area (Å²) in [6.45, 7) is -0.146. The number of nitrogens with zero attached hydrogens (tertiary/aromatic N) is 1. The van der Waals surface area contributed by atoms with Crippen molar-refractivity contribution >= 4 is 44.2 Å². The van der Waals surface area contributed by atoms with Gasteiger partial charge in [0.05, 0.1) is 12.0 Å². The van der Waals surface area contributed by atoms with E-state index >= 15 is 0 Å². The highest BCUT2D eigenvalue weighted by molar-refractivity contribution is 14.1. The van der Waals surface area contributed by atoms with Crippen molar-refractivity contribution in [3.05, 3.63) is 52.1 Å². The predicted molar refractivity (Wildman–Crippen MR) is 102 cm³/mol. The molecular formula is C16H17IN2O5S. The first kappa shape index (κ1) is 19.6. The molecule has 0 spiro atoms. The number of rotatable bonds is 7. The zero-order valence-corrected chi connectivity index (χ0v) is 16.6. The molecule has 0 heterocycles. The summed E-state index contributed by atoms with van der Waals surface area (Å²) < 4.78 is 31.4. The lowest BCUT2D eigenvalue weighted by atomic mass is 10.3. The molecule has 134 valence electrons. The van der Waals surface area contributed by atoms with Crippen LogP contribution in [0.3, 0.4) is 0 Å². The van der Waals surface area contributed by atoms with Gasteiger partial charge in [-0.15, -0.1) is 0 Å². The van der Waals surface area contributed by atoms with Crippen molar-refractivity contribution in [1.29, 1.82) is 0 Å². The summed E-state index contributed by atoms with van der Waals surface area (Å²) in [5.41, 5.74) is 0.468. The number of amides is 1. The third kappa shape index (κ3) is 5.39. The van der Waals surface area contributed by atoms with E-state index in [-0.39, 0.29) is 17.4 Å². The lowest BCUT2D eigenvalue weighted by molar-refractivity contribution is -0.118. The van der Waals surface area contributed by atoms with E-state index < -0.39 is 10.0 Å². The van der Waals surface area contributed by atoms with Crippen molar-refractivity contribution < 1.29 is 22.8 Å². The molecule has 1 amide bonds. The molecule has 0 unspecified atom stereocenters. The van der Waals surface area contributed by atoms with E-state index in [4.69, 9.17) is 9.57 Å². The van der Waals surface area contributed by atoms with Gasteiger partial charge < -0.3 is 10.1 Å². The van der Waals surface area contributed by atoms with Crippen LogP contribution >= 0.6 is 22.6 Å². The Morgan fingerprint density at radius 1 is 1.12 bits per heavy atom. The van der Waals surface area contributed by atoms with Gasteiger partial charge in [0.2, 0.25) is 0 Å².